The van der Waals surface area contributed by atoms with Crippen molar-refractivity contribution in [1.29, 1.82) is 0 Å². The summed E-state index contributed by atoms with van der Waals surface area (Å²) >= 11 is 0. The van der Waals surface area contributed by atoms with E-state index in [0.29, 0.717) is 5.54 Å². The van der Waals surface area contributed by atoms with E-state index in [-0.39, 0.29) is 0 Å². The topological polar surface area (TPSA) is 47.5 Å². The monoisotopic (exact) mass is 332 g/mol. The third-order valence-corrected chi connectivity index (χ3v) is 5.64. The standard InChI is InChI=1S/C18H32N6/c1-4-7-19-17-20-12-16(13-21-17)14-24-11-10-23(3)18(15-24)5-8-22(2)9-6-18/h12-13H,4-11,14-15H2,1-3H3,(H,19,20,21). The minimum Gasteiger partial charge on any atom is -0.354 e. The Bertz CT molecular complexity index is 509. The third-order valence-electron chi connectivity index (χ3n) is 5.64. The van der Waals surface area contributed by atoms with Gasteiger partial charge in [0.2, 0.25) is 5.95 Å². The first-order valence-electron chi connectivity index (χ1n) is 9.28. The largest absolute Gasteiger partial charge is 0.354 e. The number of nitrogens with one attached hydrogen (secondary N) is 1. The van der Waals surface area contributed by atoms with Crippen molar-refractivity contribution in [2.45, 2.75) is 38.3 Å². The molecule has 6 nitrogen and oxygen atoms in total. The van der Waals surface area contributed by atoms with Crippen molar-refractivity contribution in [3.63, 3.8) is 0 Å². The van der Waals surface area contributed by atoms with Gasteiger partial charge in [-0.25, -0.2) is 9.97 Å². The maximum absolute atomic E-state index is 4.44. The molecule has 3 heterocycles. The molecule has 1 N–H and O–H groups in total. The second-order valence-electron chi connectivity index (χ2n) is 7.50. The molecule has 0 saturated carbocycles. The predicted molar refractivity (Wildman–Crippen MR) is 98.2 cm³/mol. The Hall–Kier alpha value is -1.24. The lowest BCUT2D eigenvalue weighted by Gasteiger charge is -2.52. The van der Waals surface area contributed by atoms with Gasteiger partial charge < -0.3 is 10.2 Å². The van der Waals surface area contributed by atoms with Crippen LogP contribution in [0.1, 0.15) is 31.7 Å². The predicted octanol–water partition coefficient (Wildman–Crippen LogP) is 1.51. The number of hydrogen-bond donors (Lipinski definition) is 1. The van der Waals surface area contributed by atoms with Crippen molar-refractivity contribution in [3.05, 3.63) is 18.0 Å². The molecule has 134 valence electrons. The number of piperidine rings is 1. The summed E-state index contributed by atoms with van der Waals surface area (Å²) < 4.78 is 0. The van der Waals surface area contributed by atoms with Gasteiger partial charge in [0.15, 0.2) is 0 Å². The Morgan fingerprint density at radius 3 is 2.46 bits per heavy atom. The van der Waals surface area contributed by atoms with E-state index in [0.717, 1.165) is 45.1 Å². The molecule has 0 aliphatic carbocycles. The molecule has 2 aliphatic rings. The first kappa shape index (κ1) is 17.6. The summed E-state index contributed by atoms with van der Waals surface area (Å²) in [6.45, 7) is 9.89. The fourth-order valence-corrected chi connectivity index (χ4v) is 3.88. The van der Waals surface area contributed by atoms with Gasteiger partial charge in [0.05, 0.1) is 0 Å². The number of piperazine rings is 1. The van der Waals surface area contributed by atoms with Gasteiger partial charge >= 0.3 is 0 Å². The van der Waals surface area contributed by atoms with Gasteiger partial charge in [-0.05, 0) is 46.4 Å². The number of anilines is 1. The molecule has 3 rings (SSSR count). The van der Waals surface area contributed by atoms with Gasteiger partial charge in [-0.15, -0.1) is 0 Å². The average Bonchev–Trinajstić information content (AvgIpc) is 2.60. The van der Waals surface area contributed by atoms with E-state index in [1.54, 1.807) is 0 Å². The van der Waals surface area contributed by atoms with Gasteiger partial charge in [-0.3, -0.25) is 9.80 Å². The van der Waals surface area contributed by atoms with Crippen molar-refractivity contribution in [2.75, 3.05) is 58.7 Å². The Morgan fingerprint density at radius 1 is 1.08 bits per heavy atom. The molecule has 1 aromatic rings. The normalized spacial score (nSPS) is 22.8. The highest BCUT2D eigenvalue weighted by molar-refractivity contribution is 5.24. The van der Waals surface area contributed by atoms with Crippen molar-refractivity contribution >= 4 is 5.95 Å². The van der Waals surface area contributed by atoms with E-state index < -0.39 is 0 Å². The second-order valence-corrected chi connectivity index (χ2v) is 7.50. The maximum Gasteiger partial charge on any atom is 0.222 e. The summed E-state index contributed by atoms with van der Waals surface area (Å²) in [7, 11) is 4.54. The summed E-state index contributed by atoms with van der Waals surface area (Å²) in [6.07, 6.45) is 7.58. The Kier molecular flexibility index (Phi) is 5.69. The van der Waals surface area contributed by atoms with Crippen LogP contribution in [0.5, 0.6) is 0 Å². The van der Waals surface area contributed by atoms with Gasteiger partial charge in [0, 0.05) is 56.2 Å². The van der Waals surface area contributed by atoms with Gasteiger partial charge in [-0.1, -0.05) is 6.92 Å². The lowest BCUT2D eigenvalue weighted by Crippen LogP contribution is -2.63. The third kappa shape index (κ3) is 4.05. The summed E-state index contributed by atoms with van der Waals surface area (Å²) in [4.78, 5) is 16.5. The molecular formula is C18H32N6. The highest BCUT2D eigenvalue weighted by Crippen LogP contribution is 2.31. The number of aromatic nitrogens is 2. The maximum atomic E-state index is 4.44. The summed E-state index contributed by atoms with van der Waals surface area (Å²) in [5.41, 5.74) is 1.57. The highest BCUT2D eigenvalue weighted by atomic mass is 15.3. The molecule has 2 aliphatic heterocycles. The molecule has 1 spiro atoms. The molecular weight excluding hydrogens is 300 g/mol. The molecule has 0 bridgehead atoms. The molecule has 0 unspecified atom stereocenters. The van der Waals surface area contributed by atoms with Crippen molar-refractivity contribution in [2.24, 2.45) is 0 Å². The van der Waals surface area contributed by atoms with Crippen molar-refractivity contribution < 1.29 is 0 Å². The van der Waals surface area contributed by atoms with E-state index in [1.807, 2.05) is 12.4 Å². The zero-order valence-electron chi connectivity index (χ0n) is 15.5. The molecule has 0 aromatic carbocycles. The fourth-order valence-electron chi connectivity index (χ4n) is 3.88. The van der Waals surface area contributed by atoms with Crippen LogP contribution in [0.15, 0.2) is 12.4 Å². The minimum absolute atomic E-state index is 0.355. The summed E-state index contributed by atoms with van der Waals surface area (Å²) in [5.74, 6) is 0.741. The van der Waals surface area contributed by atoms with Crippen LogP contribution in [-0.4, -0.2) is 83.6 Å². The smallest absolute Gasteiger partial charge is 0.222 e. The van der Waals surface area contributed by atoms with Gasteiger partial charge in [-0.2, -0.15) is 0 Å². The Labute approximate surface area is 146 Å². The zero-order valence-corrected chi connectivity index (χ0v) is 15.5. The minimum atomic E-state index is 0.355. The SMILES string of the molecule is CCCNc1ncc(CN2CCN(C)C3(CCN(C)CC3)C2)cn1. The molecule has 1 aromatic heterocycles. The number of hydrogen-bond acceptors (Lipinski definition) is 6. The van der Waals surface area contributed by atoms with Crippen LogP contribution in [0, 0.1) is 0 Å². The summed E-state index contributed by atoms with van der Waals surface area (Å²) in [5, 5.41) is 3.23. The molecule has 6 heteroatoms. The Balaban J connectivity index is 1.59. The Morgan fingerprint density at radius 2 is 1.79 bits per heavy atom. The van der Waals surface area contributed by atoms with Crippen LogP contribution in [0.2, 0.25) is 0 Å². The van der Waals surface area contributed by atoms with Gasteiger partial charge in [0.25, 0.3) is 0 Å². The molecule has 24 heavy (non-hydrogen) atoms. The molecule has 0 amide bonds. The first-order chi connectivity index (χ1) is 11.6. The van der Waals surface area contributed by atoms with E-state index in [2.05, 4.69) is 51.0 Å². The second kappa shape index (κ2) is 7.76. The van der Waals surface area contributed by atoms with E-state index >= 15 is 0 Å². The van der Waals surface area contributed by atoms with Crippen molar-refractivity contribution in [3.8, 4) is 0 Å². The number of likely N-dealkylation sites (tertiary alicyclic amines) is 1. The number of nitrogens with zero attached hydrogens (tertiary/aromatic N) is 5. The lowest BCUT2D eigenvalue weighted by molar-refractivity contribution is -0.0258. The zero-order chi connectivity index (χ0) is 17.0. The first-order valence-corrected chi connectivity index (χ1v) is 9.28. The van der Waals surface area contributed by atoms with E-state index in [1.165, 1.54) is 31.5 Å². The highest BCUT2D eigenvalue weighted by Gasteiger charge is 2.41. The average molecular weight is 332 g/mol. The van der Waals surface area contributed by atoms with E-state index in [4.69, 9.17) is 0 Å². The lowest BCUT2D eigenvalue weighted by atomic mass is 9.84. The van der Waals surface area contributed by atoms with Crippen LogP contribution >= 0.6 is 0 Å². The number of likely N-dealkylation sites (N-methyl/N-ethyl adjacent to an activating group) is 1. The summed E-state index contributed by atoms with van der Waals surface area (Å²) in [6, 6.07) is 0. The van der Waals surface area contributed by atoms with Crippen LogP contribution in [-0.2, 0) is 6.54 Å². The molecule has 0 radical (unpaired) electrons. The van der Waals surface area contributed by atoms with Crippen LogP contribution in [0.25, 0.3) is 0 Å². The number of rotatable bonds is 5. The van der Waals surface area contributed by atoms with E-state index in [9.17, 15) is 0 Å². The van der Waals surface area contributed by atoms with Crippen molar-refractivity contribution in [1.82, 2.24) is 24.7 Å². The molecule has 2 fully saturated rings. The van der Waals surface area contributed by atoms with Crippen LogP contribution < -0.4 is 5.32 Å². The van der Waals surface area contributed by atoms with Crippen LogP contribution in [0.3, 0.4) is 0 Å². The van der Waals surface area contributed by atoms with Gasteiger partial charge in [0.1, 0.15) is 0 Å². The quantitative estimate of drug-likeness (QED) is 0.882. The fraction of sp³-hybridized carbons (Fsp3) is 0.778. The van der Waals surface area contributed by atoms with Crippen LogP contribution in [0.4, 0.5) is 5.95 Å². The molecule has 2 saturated heterocycles. The molecule has 0 atom stereocenters.